The van der Waals surface area contributed by atoms with Crippen LogP contribution in [0.15, 0.2) is 97.1 Å². The molecule has 0 fully saturated rings. The second-order valence-electron chi connectivity index (χ2n) is 7.26. The Labute approximate surface area is 185 Å². The van der Waals surface area contributed by atoms with Crippen LogP contribution in [0.2, 0.25) is 0 Å². The number of benzene rings is 4. The van der Waals surface area contributed by atoms with Gasteiger partial charge in [0.1, 0.15) is 0 Å². The van der Waals surface area contributed by atoms with Gasteiger partial charge in [0.05, 0.1) is 0 Å². The molecular formula is C26H20N3O3-. The van der Waals surface area contributed by atoms with E-state index in [1.165, 1.54) is 6.07 Å². The molecular weight excluding hydrogens is 402 g/mol. The van der Waals surface area contributed by atoms with Crippen LogP contribution in [0.25, 0.3) is 0 Å². The lowest BCUT2D eigenvalue weighted by molar-refractivity contribution is 0.102. The third-order valence-electron chi connectivity index (χ3n) is 5.09. The Balaban J connectivity index is 1.51. The Bertz CT molecular complexity index is 1270. The molecule has 0 atom stereocenters. The minimum atomic E-state index is -0.269. The molecule has 0 aliphatic heterocycles. The number of carbonyl (C=O) groups is 2. The van der Waals surface area contributed by atoms with Crippen molar-refractivity contribution in [2.75, 3.05) is 16.5 Å². The first-order chi connectivity index (χ1) is 15.4. The van der Waals surface area contributed by atoms with E-state index in [4.69, 9.17) is 11.5 Å². The highest BCUT2D eigenvalue weighted by atomic mass is 16.5. The van der Waals surface area contributed by atoms with Crippen molar-refractivity contribution in [1.82, 2.24) is 0 Å². The van der Waals surface area contributed by atoms with Crippen LogP contribution in [0, 0.1) is 5.21 Å². The summed E-state index contributed by atoms with van der Waals surface area (Å²) in [6.45, 7) is 0. The number of carbonyl (C=O) groups excluding carboxylic acids is 2. The highest BCUT2D eigenvalue weighted by molar-refractivity contribution is 6.14. The minimum absolute atomic E-state index is 0.212. The Morgan fingerprint density at radius 2 is 1.12 bits per heavy atom. The number of rotatable bonds is 6. The first kappa shape index (κ1) is 20.8. The topological polar surface area (TPSA) is 112 Å². The molecule has 0 saturated carbocycles. The van der Waals surface area contributed by atoms with Gasteiger partial charge >= 0.3 is 0 Å². The van der Waals surface area contributed by atoms with E-state index >= 15 is 0 Å². The van der Waals surface area contributed by atoms with Gasteiger partial charge in [0.15, 0.2) is 11.6 Å². The smallest absolute Gasteiger partial charge is 0.195 e. The molecule has 4 aromatic carbocycles. The van der Waals surface area contributed by atoms with Crippen molar-refractivity contribution in [2.24, 2.45) is 0 Å². The SMILES string of the molecule is Nc1ccc(N)c(C(=O)c2ccc(C(=O)c3ccc(N([O-])c4ccccc4)cc3)cc2)c1. The Hall–Kier alpha value is -4.42. The highest BCUT2D eigenvalue weighted by Crippen LogP contribution is 2.25. The van der Waals surface area contributed by atoms with E-state index in [0.29, 0.717) is 45.0 Å². The van der Waals surface area contributed by atoms with Gasteiger partial charge in [-0.05, 0) is 54.6 Å². The number of hydrogen-bond donors (Lipinski definition) is 2. The van der Waals surface area contributed by atoms with E-state index in [-0.39, 0.29) is 11.6 Å². The lowest BCUT2D eigenvalue weighted by Gasteiger charge is -2.30. The summed E-state index contributed by atoms with van der Waals surface area (Å²) in [5.41, 5.74) is 15.0. The van der Waals surface area contributed by atoms with Gasteiger partial charge in [-0.15, -0.1) is 0 Å². The van der Waals surface area contributed by atoms with Gasteiger partial charge in [-0.25, -0.2) is 0 Å². The zero-order valence-electron chi connectivity index (χ0n) is 17.1. The van der Waals surface area contributed by atoms with Crippen LogP contribution in [0.3, 0.4) is 0 Å². The third-order valence-corrected chi connectivity index (χ3v) is 5.09. The van der Waals surface area contributed by atoms with Gasteiger partial charge in [0, 0.05) is 45.0 Å². The fraction of sp³-hybridized carbons (Fsp3) is 0. The average molecular weight is 422 g/mol. The number of para-hydroxylation sites is 1. The predicted molar refractivity (Wildman–Crippen MR) is 127 cm³/mol. The molecule has 0 saturated heterocycles. The van der Waals surface area contributed by atoms with Crippen molar-refractivity contribution >= 4 is 34.3 Å². The molecule has 0 aliphatic carbocycles. The van der Waals surface area contributed by atoms with Crippen molar-refractivity contribution in [3.8, 4) is 0 Å². The number of nitrogen functional groups attached to an aromatic ring is 2. The van der Waals surface area contributed by atoms with E-state index in [1.807, 2.05) is 6.07 Å². The fourth-order valence-electron chi connectivity index (χ4n) is 3.33. The van der Waals surface area contributed by atoms with Crippen LogP contribution in [0.1, 0.15) is 31.8 Å². The van der Waals surface area contributed by atoms with Gasteiger partial charge in [-0.3, -0.25) is 9.59 Å². The van der Waals surface area contributed by atoms with E-state index < -0.39 is 0 Å². The molecule has 0 aliphatic rings. The number of nitrogens with two attached hydrogens (primary N) is 2. The molecule has 32 heavy (non-hydrogen) atoms. The van der Waals surface area contributed by atoms with Gasteiger partial charge in [-0.1, -0.05) is 42.5 Å². The zero-order valence-corrected chi connectivity index (χ0v) is 17.1. The summed E-state index contributed by atoms with van der Waals surface area (Å²) in [5.74, 6) is -0.481. The first-order valence-electron chi connectivity index (χ1n) is 9.91. The summed E-state index contributed by atoms with van der Waals surface area (Å²) in [6, 6.07) is 26.4. The predicted octanol–water partition coefficient (Wildman–Crippen LogP) is 4.95. The molecule has 4 N–H and O–H groups in total. The lowest BCUT2D eigenvalue weighted by Crippen LogP contribution is -2.08. The van der Waals surface area contributed by atoms with Crippen molar-refractivity contribution in [3.05, 3.63) is 125 Å². The quantitative estimate of drug-likeness (QED) is 0.258. The molecule has 0 amide bonds. The van der Waals surface area contributed by atoms with Gasteiger partial charge in [0.25, 0.3) is 0 Å². The molecule has 0 bridgehead atoms. The monoisotopic (exact) mass is 422 g/mol. The van der Waals surface area contributed by atoms with E-state index in [1.54, 1.807) is 84.9 Å². The molecule has 4 aromatic rings. The molecule has 6 nitrogen and oxygen atoms in total. The Morgan fingerprint density at radius 3 is 1.72 bits per heavy atom. The summed E-state index contributed by atoms with van der Waals surface area (Å²) in [4.78, 5) is 25.6. The largest absolute Gasteiger partial charge is 0.754 e. The number of ketones is 2. The number of anilines is 4. The highest BCUT2D eigenvalue weighted by Gasteiger charge is 2.15. The number of hydrogen-bond acceptors (Lipinski definition) is 6. The van der Waals surface area contributed by atoms with Crippen LogP contribution < -0.4 is 16.5 Å². The van der Waals surface area contributed by atoms with E-state index in [2.05, 4.69) is 0 Å². The molecule has 0 aromatic heterocycles. The van der Waals surface area contributed by atoms with Crippen LogP contribution in [-0.2, 0) is 0 Å². The Kier molecular flexibility index (Phi) is 5.70. The van der Waals surface area contributed by atoms with Crippen molar-refractivity contribution < 1.29 is 9.59 Å². The van der Waals surface area contributed by atoms with Gasteiger partial charge in [0.2, 0.25) is 0 Å². The second-order valence-corrected chi connectivity index (χ2v) is 7.26. The average Bonchev–Trinajstić information content (AvgIpc) is 2.85. The van der Waals surface area contributed by atoms with Crippen LogP contribution in [-0.4, -0.2) is 11.6 Å². The summed E-state index contributed by atoms with van der Waals surface area (Å²) in [5, 5.41) is 13.2. The molecule has 158 valence electrons. The molecule has 0 unspecified atom stereocenters. The summed E-state index contributed by atoms with van der Waals surface area (Å²) < 4.78 is 0. The van der Waals surface area contributed by atoms with Crippen LogP contribution >= 0.6 is 0 Å². The van der Waals surface area contributed by atoms with Crippen molar-refractivity contribution in [2.45, 2.75) is 0 Å². The van der Waals surface area contributed by atoms with E-state index in [0.717, 1.165) is 5.06 Å². The maximum atomic E-state index is 12.8. The maximum Gasteiger partial charge on any atom is 0.195 e. The van der Waals surface area contributed by atoms with Crippen LogP contribution in [0.5, 0.6) is 0 Å². The van der Waals surface area contributed by atoms with Gasteiger partial charge < -0.3 is 21.7 Å². The molecule has 4 rings (SSSR count). The van der Waals surface area contributed by atoms with Crippen molar-refractivity contribution in [1.29, 1.82) is 0 Å². The minimum Gasteiger partial charge on any atom is -0.754 e. The third kappa shape index (κ3) is 4.21. The second kappa shape index (κ2) is 8.75. The summed E-state index contributed by atoms with van der Waals surface area (Å²) in [6.07, 6.45) is 0. The zero-order chi connectivity index (χ0) is 22.7. The number of nitrogens with zero attached hydrogens (tertiary/aromatic N) is 1. The molecule has 0 radical (unpaired) electrons. The fourth-order valence-corrected chi connectivity index (χ4v) is 3.33. The van der Waals surface area contributed by atoms with Crippen LogP contribution in [0.4, 0.5) is 22.7 Å². The van der Waals surface area contributed by atoms with Crippen molar-refractivity contribution in [3.63, 3.8) is 0 Å². The lowest BCUT2D eigenvalue weighted by atomic mass is 9.97. The normalized spacial score (nSPS) is 10.5. The Morgan fingerprint density at radius 1 is 0.625 bits per heavy atom. The first-order valence-corrected chi connectivity index (χ1v) is 9.91. The van der Waals surface area contributed by atoms with Gasteiger partial charge in [-0.2, -0.15) is 0 Å². The molecule has 6 heteroatoms. The summed E-state index contributed by atoms with van der Waals surface area (Å²) in [7, 11) is 0. The summed E-state index contributed by atoms with van der Waals surface area (Å²) >= 11 is 0. The van der Waals surface area contributed by atoms with E-state index in [9.17, 15) is 14.8 Å². The standard InChI is InChI=1S/C26H20N3O3/c27-20-12-15-24(28)23(16-20)26(31)19-8-6-17(7-9-19)25(30)18-10-13-22(14-11-18)29(32)21-4-2-1-3-5-21/h1-16H,27-28H2/q-1. The molecule has 0 heterocycles. The molecule has 0 spiro atoms. The maximum absolute atomic E-state index is 12.8.